The van der Waals surface area contributed by atoms with Crippen molar-refractivity contribution >= 4 is 17.5 Å². The van der Waals surface area contributed by atoms with E-state index in [1.165, 1.54) is 12.1 Å². The lowest BCUT2D eigenvalue weighted by Crippen LogP contribution is -2.47. The van der Waals surface area contributed by atoms with Crippen molar-refractivity contribution in [2.24, 2.45) is 0 Å². The normalized spacial score (nSPS) is 19.7. The number of piperidine rings is 1. The Kier molecular flexibility index (Phi) is 7.34. The Labute approximate surface area is 201 Å². The van der Waals surface area contributed by atoms with Crippen LogP contribution in [0.2, 0.25) is 0 Å². The van der Waals surface area contributed by atoms with E-state index in [0.29, 0.717) is 6.04 Å². The van der Waals surface area contributed by atoms with E-state index in [2.05, 4.69) is 25.6 Å². The molecule has 2 saturated heterocycles. The van der Waals surface area contributed by atoms with Crippen LogP contribution in [0.25, 0.3) is 0 Å². The smallest absolute Gasteiger partial charge is 0.367 e. The number of anilines is 1. The van der Waals surface area contributed by atoms with Crippen LogP contribution in [0.15, 0.2) is 28.8 Å². The number of benzene rings is 1. The van der Waals surface area contributed by atoms with Crippen LogP contribution in [-0.2, 0) is 11.0 Å². The number of nitrogens with one attached hydrogen (secondary N) is 2. The first-order chi connectivity index (χ1) is 16.6. The fourth-order valence-corrected chi connectivity index (χ4v) is 5.00. The zero-order valence-electron chi connectivity index (χ0n) is 19.8. The van der Waals surface area contributed by atoms with Gasteiger partial charge in [0.25, 0.3) is 5.91 Å². The van der Waals surface area contributed by atoms with Gasteiger partial charge in [0.1, 0.15) is 11.4 Å². The van der Waals surface area contributed by atoms with Gasteiger partial charge in [0, 0.05) is 43.8 Å². The summed E-state index contributed by atoms with van der Waals surface area (Å²) in [4.78, 5) is 29.3. The number of alkyl halides is 3. The molecule has 2 aromatic rings. The maximum atomic E-state index is 12.8. The highest BCUT2D eigenvalue weighted by Gasteiger charge is 2.33. The number of likely N-dealkylation sites (tertiary alicyclic amines) is 1. The summed E-state index contributed by atoms with van der Waals surface area (Å²) >= 11 is 0. The summed E-state index contributed by atoms with van der Waals surface area (Å²) < 4.78 is 43.8. The summed E-state index contributed by atoms with van der Waals surface area (Å²) in [7, 11) is 0. The lowest BCUT2D eigenvalue weighted by Gasteiger charge is -2.37. The van der Waals surface area contributed by atoms with Crippen molar-refractivity contribution < 1.29 is 27.3 Å². The Morgan fingerprint density at radius 2 is 1.89 bits per heavy atom. The molecule has 11 heteroatoms. The Balaban J connectivity index is 1.20. The van der Waals surface area contributed by atoms with Gasteiger partial charge >= 0.3 is 6.18 Å². The average Bonchev–Trinajstić information content (AvgIpc) is 3.43. The number of amides is 2. The molecule has 0 radical (unpaired) electrons. The minimum atomic E-state index is -4.53. The van der Waals surface area contributed by atoms with Gasteiger partial charge in [-0.2, -0.15) is 13.2 Å². The molecule has 0 saturated carbocycles. The highest BCUT2D eigenvalue weighted by molar-refractivity contribution is 5.96. The van der Waals surface area contributed by atoms with Gasteiger partial charge in [0.15, 0.2) is 5.76 Å². The maximum absolute atomic E-state index is 12.8. The van der Waals surface area contributed by atoms with Crippen molar-refractivity contribution in [2.45, 2.75) is 51.4 Å². The molecule has 0 spiro atoms. The molecule has 3 heterocycles. The SMILES string of the molecule is Cc1noc(C)c1N1CCC(N2CC[C@H](NC(=O)CNC(=O)c3cccc(C(F)(F)F)c3)C2)CC1. The third kappa shape index (κ3) is 5.95. The zero-order chi connectivity index (χ0) is 25.2. The molecule has 2 N–H and O–H groups in total. The summed E-state index contributed by atoms with van der Waals surface area (Å²) in [6, 6.07) is 4.55. The number of nitrogens with zero attached hydrogens (tertiary/aromatic N) is 3. The molecule has 35 heavy (non-hydrogen) atoms. The van der Waals surface area contributed by atoms with E-state index in [9.17, 15) is 22.8 Å². The standard InChI is InChI=1S/C24H30F3N5O3/c1-15-22(16(2)35-30-15)31-10-7-20(8-11-31)32-9-6-19(14-32)29-21(33)13-28-23(34)17-4-3-5-18(12-17)24(25,26)27/h3-5,12,19-20H,6-11,13-14H2,1-2H3,(H,28,34)(H,29,33)/t19-/m0/s1. The van der Waals surface area contributed by atoms with Gasteiger partial charge in [0.2, 0.25) is 5.91 Å². The monoisotopic (exact) mass is 493 g/mol. The minimum Gasteiger partial charge on any atom is -0.367 e. The summed E-state index contributed by atoms with van der Waals surface area (Å²) in [5, 5.41) is 9.38. The molecule has 1 atom stereocenters. The van der Waals surface area contributed by atoms with E-state index in [1.807, 2.05) is 13.8 Å². The fourth-order valence-electron chi connectivity index (χ4n) is 5.00. The molecular formula is C24H30F3N5O3. The first-order valence-electron chi connectivity index (χ1n) is 11.8. The quantitative estimate of drug-likeness (QED) is 0.643. The molecule has 2 aliphatic heterocycles. The molecule has 0 bridgehead atoms. The molecule has 190 valence electrons. The van der Waals surface area contributed by atoms with E-state index < -0.39 is 17.6 Å². The third-order valence-electron chi connectivity index (χ3n) is 6.74. The van der Waals surface area contributed by atoms with E-state index in [4.69, 9.17) is 4.52 Å². The van der Waals surface area contributed by atoms with Crippen molar-refractivity contribution in [3.8, 4) is 0 Å². The lowest BCUT2D eigenvalue weighted by atomic mass is 10.0. The number of halogens is 3. The van der Waals surface area contributed by atoms with E-state index in [0.717, 1.165) is 74.7 Å². The van der Waals surface area contributed by atoms with E-state index in [1.54, 1.807) is 0 Å². The number of carbonyl (C=O) groups is 2. The van der Waals surface area contributed by atoms with Crippen molar-refractivity contribution in [2.75, 3.05) is 37.6 Å². The second-order valence-corrected chi connectivity index (χ2v) is 9.20. The minimum absolute atomic E-state index is 0.0199. The molecular weight excluding hydrogens is 463 g/mol. The average molecular weight is 494 g/mol. The van der Waals surface area contributed by atoms with Crippen LogP contribution < -0.4 is 15.5 Å². The third-order valence-corrected chi connectivity index (χ3v) is 6.74. The first-order valence-corrected chi connectivity index (χ1v) is 11.8. The van der Waals surface area contributed by atoms with Crippen molar-refractivity contribution in [1.82, 2.24) is 20.7 Å². The number of carbonyl (C=O) groups excluding carboxylic acids is 2. The molecule has 4 rings (SSSR count). The Morgan fingerprint density at radius 3 is 2.54 bits per heavy atom. The van der Waals surface area contributed by atoms with Gasteiger partial charge in [0.05, 0.1) is 12.1 Å². The van der Waals surface area contributed by atoms with Crippen LogP contribution in [0, 0.1) is 13.8 Å². The summed E-state index contributed by atoms with van der Waals surface area (Å²) in [6.07, 6.45) is -1.69. The molecule has 2 fully saturated rings. The Morgan fingerprint density at radius 1 is 1.14 bits per heavy atom. The van der Waals surface area contributed by atoms with Crippen LogP contribution in [-0.4, -0.2) is 66.7 Å². The predicted octanol–water partition coefficient (Wildman–Crippen LogP) is 2.90. The molecule has 2 amide bonds. The number of hydrogen-bond acceptors (Lipinski definition) is 6. The van der Waals surface area contributed by atoms with Gasteiger partial charge in [-0.1, -0.05) is 11.2 Å². The maximum Gasteiger partial charge on any atom is 0.416 e. The summed E-state index contributed by atoms with van der Waals surface area (Å²) in [5.41, 5.74) is 0.952. The fraction of sp³-hybridized carbons (Fsp3) is 0.542. The molecule has 8 nitrogen and oxygen atoms in total. The van der Waals surface area contributed by atoms with Crippen molar-refractivity contribution in [3.05, 3.63) is 46.8 Å². The lowest BCUT2D eigenvalue weighted by molar-refractivity contribution is -0.137. The molecule has 0 unspecified atom stereocenters. The highest BCUT2D eigenvalue weighted by Crippen LogP contribution is 2.30. The summed E-state index contributed by atoms with van der Waals surface area (Å²) in [5.74, 6) is -0.236. The van der Waals surface area contributed by atoms with Gasteiger partial charge in [-0.25, -0.2) is 0 Å². The van der Waals surface area contributed by atoms with E-state index in [-0.39, 0.29) is 24.1 Å². The van der Waals surface area contributed by atoms with Crippen LogP contribution in [0.4, 0.5) is 18.9 Å². The number of aryl methyl sites for hydroxylation is 2. The number of hydrogen-bond donors (Lipinski definition) is 2. The second kappa shape index (κ2) is 10.3. The van der Waals surface area contributed by atoms with Crippen molar-refractivity contribution in [1.29, 1.82) is 0 Å². The molecule has 2 aliphatic rings. The second-order valence-electron chi connectivity index (χ2n) is 9.20. The molecule has 1 aromatic carbocycles. The number of aromatic nitrogens is 1. The van der Waals surface area contributed by atoms with Gasteiger partial charge < -0.3 is 20.1 Å². The predicted molar refractivity (Wildman–Crippen MR) is 123 cm³/mol. The van der Waals surface area contributed by atoms with Crippen molar-refractivity contribution in [3.63, 3.8) is 0 Å². The zero-order valence-corrected chi connectivity index (χ0v) is 19.8. The van der Waals surface area contributed by atoms with Crippen LogP contribution in [0.1, 0.15) is 46.6 Å². The topological polar surface area (TPSA) is 90.7 Å². The molecule has 0 aliphatic carbocycles. The highest BCUT2D eigenvalue weighted by atomic mass is 19.4. The molecule has 1 aromatic heterocycles. The van der Waals surface area contributed by atoms with E-state index >= 15 is 0 Å². The van der Waals surface area contributed by atoms with Gasteiger partial charge in [-0.3, -0.25) is 14.5 Å². The van der Waals surface area contributed by atoms with Crippen LogP contribution >= 0.6 is 0 Å². The van der Waals surface area contributed by atoms with Crippen LogP contribution in [0.3, 0.4) is 0 Å². The number of rotatable bonds is 6. The summed E-state index contributed by atoms with van der Waals surface area (Å²) in [6.45, 7) is 7.05. The largest absolute Gasteiger partial charge is 0.416 e. The first kappa shape index (κ1) is 25.0. The van der Waals surface area contributed by atoms with Gasteiger partial charge in [-0.05, 0) is 51.3 Å². The van der Waals surface area contributed by atoms with Crippen LogP contribution in [0.5, 0.6) is 0 Å². The van der Waals surface area contributed by atoms with Gasteiger partial charge in [-0.15, -0.1) is 0 Å². The Hall–Kier alpha value is -3.08. The Bertz CT molecular complexity index is 1040.